The number of rotatable bonds is 3. The quantitative estimate of drug-likeness (QED) is 0.788. The van der Waals surface area contributed by atoms with E-state index in [0.717, 1.165) is 17.1 Å². The number of thiazole rings is 1. The van der Waals surface area contributed by atoms with E-state index in [4.69, 9.17) is 5.14 Å². The third kappa shape index (κ3) is 3.14. The lowest BCUT2D eigenvalue weighted by molar-refractivity contribution is 0.568. The van der Waals surface area contributed by atoms with Gasteiger partial charge in [-0.2, -0.15) is 0 Å². The average molecular weight is 349 g/mol. The number of hydrogen-bond donors (Lipinski definition) is 1. The lowest BCUT2D eigenvalue weighted by Gasteiger charge is -2.08. The van der Waals surface area contributed by atoms with E-state index in [1.54, 1.807) is 18.3 Å². The van der Waals surface area contributed by atoms with Crippen LogP contribution in [0.15, 0.2) is 46.8 Å². The highest BCUT2D eigenvalue weighted by Gasteiger charge is 2.17. The van der Waals surface area contributed by atoms with Gasteiger partial charge in [-0.15, -0.1) is 11.3 Å². The number of aromatic nitrogens is 2. The summed E-state index contributed by atoms with van der Waals surface area (Å²) in [6.45, 7) is 1.89. The number of primary sulfonamides is 1. The molecule has 8 heteroatoms. The summed E-state index contributed by atoms with van der Waals surface area (Å²) in [6.07, 6.45) is 1.63. The fraction of sp³-hybridized carbons (Fsp3) is 0.0667. The fourth-order valence-corrected chi connectivity index (χ4v) is 3.40. The monoisotopic (exact) mass is 349 g/mol. The maximum absolute atomic E-state index is 14.1. The first-order chi connectivity index (χ1) is 10.9. The zero-order valence-corrected chi connectivity index (χ0v) is 13.7. The Bertz CT molecular complexity index is 984. The second-order valence-electron chi connectivity index (χ2n) is 4.84. The molecule has 5 nitrogen and oxygen atoms in total. The molecule has 0 saturated carbocycles. The molecule has 0 spiro atoms. The molecular formula is C15H12FN3O2S2. The van der Waals surface area contributed by atoms with Crippen molar-refractivity contribution in [3.63, 3.8) is 0 Å². The first-order valence-electron chi connectivity index (χ1n) is 6.56. The molecule has 0 amide bonds. The molecule has 1 aromatic carbocycles. The van der Waals surface area contributed by atoms with Gasteiger partial charge in [0, 0.05) is 17.1 Å². The number of nitrogens with two attached hydrogens (primary N) is 1. The summed E-state index contributed by atoms with van der Waals surface area (Å²) < 4.78 is 36.7. The van der Waals surface area contributed by atoms with Gasteiger partial charge in [0.05, 0.1) is 10.7 Å². The molecule has 0 atom stereocenters. The van der Waals surface area contributed by atoms with Gasteiger partial charge in [-0.05, 0) is 30.7 Å². The smallest absolute Gasteiger partial charge is 0.240 e. The van der Waals surface area contributed by atoms with E-state index in [0.29, 0.717) is 22.5 Å². The van der Waals surface area contributed by atoms with Crippen molar-refractivity contribution in [2.45, 2.75) is 11.8 Å². The average Bonchev–Trinajstić information content (AvgIpc) is 2.92. The predicted molar refractivity (Wildman–Crippen MR) is 86.8 cm³/mol. The van der Waals surface area contributed by atoms with Crippen LogP contribution in [0.1, 0.15) is 5.01 Å². The second kappa shape index (κ2) is 5.80. The number of nitrogens with zero attached hydrogens (tertiary/aromatic N) is 2. The highest BCUT2D eigenvalue weighted by Crippen LogP contribution is 2.32. The number of aryl methyl sites for hydroxylation is 1. The maximum Gasteiger partial charge on any atom is 0.240 e. The van der Waals surface area contributed by atoms with Crippen molar-refractivity contribution in [3.8, 4) is 22.5 Å². The summed E-state index contributed by atoms with van der Waals surface area (Å²) in [5, 5.41) is 7.75. The summed E-state index contributed by atoms with van der Waals surface area (Å²) in [5.41, 5.74) is 2.47. The standard InChI is InChI=1S/C15H12FN3O2S2/c1-9-19-13(8-22-9)15-11(3-2-6-18-15)10-4-5-14(12(16)7-10)23(17,20)21/h2-8H,1H3,(H2,17,20,21). The number of sulfonamides is 1. The molecule has 0 aliphatic heterocycles. The van der Waals surface area contributed by atoms with E-state index in [2.05, 4.69) is 9.97 Å². The molecule has 0 aliphatic carbocycles. The lowest BCUT2D eigenvalue weighted by atomic mass is 10.0. The number of halogens is 1. The van der Waals surface area contributed by atoms with Crippen LogP contribution in [-0.2, 0) is 10.0 Å². The van der Waals surface area contributed by atoms with Crippen LogP contribution in [0.2, 0.25) is 0 Å². The number of hydrogen-bond acceptors (Lipinski definition) is 5. The molecule has 0 fully saturated rings. The second-order valence-corrected chi connectivity index (χ2v) is 7.43. The van der Waals surface area contributed by atoms with Gasteiger partial charge in [0.2, 0.25) is 10.0 Å². The van der Waals surface area contributed by atoms with E-state index in [1.807, 2.05) is 12.3 Å². The normalized spacial score (nSPS) is 11.6. The summed E-state index contributed by atoms with van der Waals surface area (Å²) in [7, 11) is -4.09. The molecule has 2 aromatic heterocycles. The Morgan fingerprint density at radius 1 is 1.26 bits per heavy atom. The van der Waals surface area contributed by atoms with Crippen molar-refractivity contribution < 1.29 is 12.8 Å². The van der Waals surface area contributed by atoms with E-state index in [1.165, 1.54) is 17.4 Å². The first kappa shape index (κ1) is 15.7. The van der Waals surface area contributed by atoms with Crippen LogP contribution in [0.3, 0.4) is 0 Å². The topological polar surface area (TPSA) is 85.9 Å². The molecule has 0 saturated heterocycles. The third-order valence-electron chi connectivity index (χ3n) is 3.22. The summed E-state index contributed by atoms with van der Waals surface area (Å²) >= 11 is 1.49. The molecule has 0 unspecified atom stereocenters. The van der Waals surface area contributed by atoms with Crippen molar-refractivity contribution in [2.24, 2.45) is 5.14 Å². The predicted octanol–water partition coefficient (Wildman–Crippen LogP) is 2.97. The highest BCUT2D eigenvalue weighted by atomic mass is 32.2. The molecule has 3 aromatic rings. The van der Waals surface area contributed by atoms with Crippen molar-refractivity contribution in [2.75, 3.05) is 0 Å². The van der Waals surface area contributed by atoms with Gasteiger partial charge in [-0.3, -0.25) is 4.98 Å². The van der Waals surface area contributed by atoms with Crippen LogP contribution < -0.4 is 5.14 Å². The van der Waals surface area contributed by atoms with E-state index in [9.17, 15) is 12.8 Å². The van der Waals surface area contributed by atoms with Crippen molar-refractivity contribution in [3.05, 3.63) is 52.7 Å². The molecular weight excluding hydrogens is 337 g/mol. The van der Waals surface area contributed by atoms with Gasteiger partial charge in [-0.25, -0.2) is 22.9 Å². The first-order valence-corrected chi connectivity index (χ1v) is 8.99. The minimum absolute atomic E-state index is 0.503. The van der Waals surface area contributed by atoms with Crippen LogP contribution >= 0.6 is 11.3 Å². The van der Waals surface area contributed by atoms with E-state index in [-0.39, 0.29) is 0 Å². The maximum atomic E-state index is 14.1. The Balaban J connectivity index is 2.15. The van der Waals surface area contributed by atoms with Gasteiger partial charge >= 0.3 is 0 Å². The molecule has 2 heterocycles. The number of pyridine rings is 1. The Morgan fingerprint density at radius 2 is 2.04 bits per heavy atom. The summed E-state index contributed by atoms with van der Waals surface area (Å²) in [5.74, 6) is -0.894. The van der Waals surface area contributed by atoms with Crippen LogP contribution in [0, 0.1) is 12.7 Å². The molecule has 23 heavy (non-hydrogen) atoms. The van der Waals surface area contributed by atoms with Crippen LogP contribution in [0.5, 0.6) is 0 Å². The van der Waals surface area contributed by atoms with Crippen LogP contribution in [0.25, 0.3) is 22.5 Å². The van der Waals surface area contributed by atoms with Crippen LogP contribution in [-0.4, -0.2) is 18.4 Å². The zero-order chi connectivity index (χ0) is 16.6. The van der Waals surface area contributed by atoms with Gasteiger partial charge in [0.25, 0.3) is 0 Å². The third-order valence-corrected chi connectivity index (χ3v) is 4.94. The number of benzene rings is 1. The van der Waals surface area contributed by atoms with Gasteiger partial charge in [-0.1, -0.05) is 12.1 Å². The molecule has 0 radical (unpaired) electrons. The fourth-order valence-electron chi connectivity index (χ4n) is 2.21. The molecule has 2 N–H and O–H groups in total. The largest absolute Gasteiger partial charge is 0.254 e. The minimum atomic E-state index is -4.09. The summed E-state index contributed by atoms with van der Waals surface area (Å²) in [4.78, 5) is 8.18. The minimum Gasteiger partial charge on any atom is -0.254 e. The Labute approximate surface area is 136 Å². The van der Waals surface area contributed by atoms with Crippen molar-refractivity contribution >= 4 is 21.4 Å². The summed E-state index contributed by atoms with van der Waals surface area (Å²) in [6, 6.07) is 7.30. The molecule has 3 rings (SSSR count). The van der Waals surface area contributed by atoms with Crippen molar-refractivity contribution in [1.82, 2.24) is 9.97 Å². The molecule has 0 bridgehead atoms. The zero-order valence-electron chi connectivity index (χ0n) is 12.0. The van der Waals surface area contributed by atoms with Crippen molar-refractivity contribution in [1.29, 1.82) is 0 Å². The Hall–Kier alpha value is -2.16. The lowest BCUT2D eigenvalue weighted by Crippen LogP contribution is -2.13. The van der Waals surface area contributed by atoms with Gasteiger partial charge in [0.1, 0.15) is 16.4 Å². The van der Waals surface area contributed by atoms with Gasteiger partial charge in [0.15, 0.2) is 0 Å². The SMILES string of the molecule is Cc1nc(-c2ncccc2-c2ccc(S(N)(=O)=O)c(F)c2)cs1. The van der Waals surface area contributed by atoms with Crippen LogP contribution in [0.4, 0.5) is 4.39 Å². The Morgan fingerprint density at radius 3 is 2.65 bits per heavy atom. The van der Waals surface area contributed by atoms with E-state index < -0.39 is 20.7 Å². The van der Waals surface area contributed by atoms with Gasteiger partial charge < -0.3 is 0 Å². The Kier molecular flexibility index (Phi) is 3.97. The molecule has 118 valence electrons. The molecule has 0 aliphatic rings. The van der Waals surface area contributed by atoms with E-state index >= 15 is 0 Å². The highest BCUT2D eigenvalue weighted by molar-refractivity contribution is 7.89.